The monoisotopic (exact) mass is 906 g/mol. The van der Waals surface area contributed by atoms with E-state index in [1.807, 2.05) is 30.4 Å². The van der Waals surface area contributed by atoms with Crippen LogP contribution in [0.3, 0.4) is 0 Å². The number of hydrogen-bond acceptors (Lipinski definition) is 12. The van der Waals surface area contributed by atoms with Gasteiger partial charge in [-0.15, -0.1) is 0 Å². The van der Waals surface area contributed by atoms with Gasteiger partial charge in [-0.1, -0.05) is 54.6 Å². The van der Waals surface area contributed by atoms with Crippen molar-refractivity contribution in [3.8, 4) is 69.0 Å². The summed E-state index contributed by atoms with van der Waals surface area (Å²) in [7, 11) is 0. The molecule has 3 aliphatic heterocycles. The van der Waals surface area contributed by atoms with Gasteiger partial charge in [0.2, 0.25) is 0 Å². The normalized spacial score (nSPS) is 20.0. The van der Waals surface area contributed by atoms with Crippen LogP contribution in [-0.2, 0) is 0 Å². The van der Waals surface area contributed by atoms with E-state index in [2.05, 4.69) is 0 Å². The third-order valence-corrected chi connectivity index (χ3v) is 13.0. The summed E-state index contributed by atoms with van der Waals surface area (Å²) in [6.07, 6.45) is 1.69. The van der Waals surface area contributed by atoms with Crippen LogP contribution < -0.4 is 14.2 Å². The van der Waals surface area contributed by atoms with Crippen molar-refractivity contribution in [2.45, 2.75) is 36.1 Å². The van der Waals surface area contributed by atoms with Gasteiger partial charge in [-0.25, -0.2) is 0 Å². The average molecular weight is 907 g/mol. The largest absolute Gasteiger partial charge is 0.508 e. The van der Waals surface area contributed by atoms with Crippen LogP contribution in [0.15, 0.2) is 152 Å². The molecule has 0 amide bonds. The molecule has 12 heteroatoms. The summed E-state index contributed by atoms with van der Waals surface area (Å²) >= 11 is 0. The summed E-state index contributed by atoms with van der Waals surface area (Å²) in [6.45, 7) is 0. The molecule has 0 aromatic heterocycles. The molecular formula is C56H42O12. The standard InChI is InChI=1S/C56H42O12/c57-35-10-4-29(5-11-35)54-50(33-19-38(60)23-39(61)20-33)49-32(18-42(64)26-47(49)67-54)3-1-28-2-16-46-44(17-28)52(56(66-46)31-8-14-37(59)15-9-31)45-25-43(65)27-48-53(45)51(34-21-40(62)24-41(63)22-34)55(68-48)30-6-12-36(58)13-7-30/h1-27,50-52,54-65H/t50-,51+,52-,54+,55-,56+/m1/s1. The molecule has 0 saturated heterocycles. The van der Waals surface area contributed by atoms with E-state index in [9.17, 15) is 46.0 Å². The first-order valence-corrected chi connectivity index (χ1v) is 21.8. The minimum absolute atomic E-state index is 0.0494. The zero-order valence-electron chi connectivity index (χ0n) is 35.8. The quantitative estimate of drug-likeness (QED) is 0.0652. The number of phenolic OH excluding ortho intramolecular Hbond substituents is 9. The van der Waals surface area contributed by atoms with Crippen LogP contribution in [-0.4, -0.2) is 46.0 Å². The lowest BCUT2D eigenvalue weighted by molar-refractivity contribution is 0.220. The maximum Gasteiger partial charge on any atom is 0.135 e. The van der Waals surface area contributed by atoms with E-state index in [0.29, 0.717) is 56.2 Å². The summed E-state index contributed by atoms with van der Waals surface area (Å²) in [4.78, 5) is 0. The molecule has 11 rings (SSSR count). The predicted octanol–water partition coefficient (Wildman–Crippen LogP) is 11.0. The lowest BCUT2D eigenvalue weighted by Gasteiger charge is -2.26. The maximum absolute atomic E-state index is 11.5. The zero-order chi connectivity index (χ0) is 47.0. The smallest absolute Gasteiger partial charge is 0.135 e. The highest BCUT2D eigenvalue weighted by atomic mass is 16.5. The molecule has 8 aromatic rings. The van der Waals surface area contributed by atoms with Gasteiger partial charge in [-0.2, -0.15) is 0 Å². The number of hydrogen-bond donors (Lipinski definition) is 9. The molecule has 338 valence electrons. The Morgan fingerprint density at radius 1 is 0.294 bits per heavy atom. The van der Waals surface area contributed by atoms with E-state index in [1.165, 1.54) is 24.3 Å². The van der Waals surface area contributed by atoms with Gasteiger partial charge >= 0.3 is 0 Å². The SMILES string of the molecule is Oc1ccc([C@H]2Oc3cc(O)cc([C@H]4c5cc(C=Cc6cc(O)cc7c6[C@@H](c6cc(O)cc(O)c6)[C@H](c6ccc(O)cc6)O7)ccc5O[C@H]4c4ccc(O)cc4)c3[C@@H]2c2cc(O)cc(O)c2)cc1. The van der Waals surface area contributed by atoms with Crippen molar-refractivity contribution < 1.29 is 60.2 Å². The average Bonchev–Trinajstić information content (AvgIpc) is 4.00. The van der Waals surface area contributed by atoms with Crippen LogP contribution in [0, 0.1) is 0 Å². The number of benzene rings is 8. The van der Waals surface area contributed by atoms with E-state index in [0.717, 1.165) is 22.3 Å². The van der Waals surface area contributed by atoms with E-state index < -0.39 is 36.1 Å². The van der Waals surface area contributed by atoms with Crippen molar-refractivity contribution >= 4 is 12.2 Å². The van der Waals surface area contributed by atoms with Gasteiger partial charge in [-0.05, 0) is 129 Å². The van der Waals surface area contributed by atoms with Crippen molar-refractivity contribution in [1.82, 2.24) is 0 Å². The fourth-order valence-electron chi connectivity index (χ4n) is 10.2. The number of rotatable bonds is 8. The van der Waals surface area contributed by atoms with Crippen LogP contribution in [0.5, 0.6) is 69.0 Å². The van der Waals surface area contributed by atoms with Crippen LogP contribution in [0.4, 0.5) is 0 Å². The Morgan fingerprint density at radius 2 is 0.706 bits per heavy atom. The zero-order valence-corrected chi connectivity index (χ0v) is 35.8. The Bertz CT molecular complexity index is 3250. The summed E-state index contributed by atoms with van der Waals surface area (Å²) in [6, 6.07) is 40.7. The molecular weight excluding hydrogens is 865 g/mol. The Morgan fingerprint density at radius 3 is 1.21 bits per heavy atom. The van der Waals surface area contributed by atoms with Crippen LogP contribution >= 0.6 is 0 Å². The highest BCUT2D eigenvalue weighted by Crippen LogP contribution is 2.59. The van der Waals surface area contributed by atoms with Crippen molar-refractivity contribution in [2.75, 3.05) is 0 Å². The number of phenols is 9. The molecule has 0 fully saturated rings. The molecule has 0 saturated carbocycles. The van der Waals surface area contributed by atoms with Gasteiger partial charge in [0, 0.05) is 41.0 Å². The second-order valence-corrected chi connectivity index (χ2v) is 17.4. The first kappa shape index (κ1) is 41.8. The number of aromatic hydroxyl groups is 9. The molecule has 6 atom stereocenters. The Kier molecular flexibility index (Phi) is 9.96. The van der Waals surface area contributed by atoms with Crippen LogP contribution in [0.2, 0.25) is 0 Å². The predicted molar refractivity (Wildman–Crippen MR) is 251 cm³/mol. The molecule has 0 radical (unpaired) electrons. The highest BCUT2D eigenvalue weighted by molar-refractivity contribution is 5.76. The maximum atomic E-state index is 11.5. The Labute approximate surface area is 389 Å². The van der Waals surface area contributed by atoms with Gasteiger partial charge in [0.15, 0.2) is 0 Å². The van der Waals surface area contributed by atoms with Crippen molar-refractivity contribution in [2.24, 2.45) is 0 Å². The molecule has 0 bridgehead atoms. The topological polar surface area (TPSA) is 210 Å². The number of ether oxygens (including phenoxy) is 3. The summed E-state index contributed by atoms with van der Waals surface area (Å²) in [5.74, 6) is -0.981. The van der Waals surface area contributed by atoms with E-state index in [-0.39, 0.29) is 51.7 Å². The van der Waals surface area contributed by atoms with Gasteiger partial charge in [0.05, 0.1) is 17.8 Å². The Hall–Kier alpha value is -8.90. The van der Waals surface area contributed by atoms with E-state index in [1.54, 1.807) is 109 Å². The second-order valence-electron chi connectivity index (χ2n) is 17.4. The fourth-order valence-corrected chi connectivity index (χ4v) is 10.2. The summed E-state index contributed by atoms with van der Waals surface area (Å²) in [5, 5.41) is 96.0. The number of fused-ring (bicyclic) bond motifs is 3. The third-order valence-electron chi connectivity index (χ3n) is 13.0. The molecule has 9 N–H and O–H groups in total. The minimum Gasteiger partial charge on any atom is -0.508 e. The summed E-state index contributed by atoms with van der Waals surface area (Å²) in [5.41, 5.74) is 7.38. The van der Waals surface area contributed by atoms with Crippen molar-refractivity contribution in [3.05, 3.63) is 213 Å². The highest BCUT2D eigenvalue weighted by Gasteiger charge is 2.46. The molecule has 0 aliphatic carbocycles. The second kappa shape index (κ2) is 16.2. The van der Waals surface area contributed by atoms with Crippen LogP contribution in [0.1, 0.15) is 97.3 Å². The molecule has 12 nitrogen and oxygen atoms in total. The minimum atomic E-state index is -0.718. The first-order valence-electron chi connectivity index (χ1n) is 21.8. The van der Waals surface area contributed by atoms with Gasteiger partial charge in [0.25, 0.3) is 0 Å². The molecule has 0 spiro atoms. The molecule has 3 heterocycles. The van der Waals surface area contributed by atoms with E-state index >= 15 is 0 Å². The summed E-state index contributed by atoms with van der Waals surface area (Å²) < 4.78 is 20.0. The first-order chi connectivity index (χ1) is 32.8. The lowest BCUT2D eigenvalue weighted by Crippen LogP contribution is -2.16. The van der Waals surface area contributed by atoms with E-state index in [4.69, 9.17) is 14.2 Å². The molecule has 68 heavy (non-hydrogen) atoms. The van der Waals surface area contributed by atoms with Crippen LogP contribution in [0.25, 0.3) is 12.2 Å². The molecule has 8 aromatic carbocycles. The van der Waals surface area contributed by atoms with Gasteiger partial charge < -0.3 is 60.2 Å². The van der Waals surface area contributed by atoms with Gasteiger partial charge in [-0.3, -0.25) is 0 Å². The third kappa shape index (κ3) is 7.47. The van der Waals surface area contributed by atoms with Crippen molar-refractivity contribution in [3.63, 3.8) is 0 Å². The molecule has 3 aliphatic rings. The van der Waals surface area contributed by atoms with Gasteiger partial charge in [0.1, 0.15) is 87.3 Å². The molecule has 0 unspecified atom stereocenters. The Balaban J connectivity index is 1.05. The fraction of sp³-hybridized carbons (Fsp3) is 0.107. The van der Waals surface area contributed by atoms with Crippen molar-refractivity contribution in [1.29, 1.82) is 0 Å². The lowest BCUT2D eigenvalue weighted by atomic mass is 9.76.